The Bertz CT molecular complexity index is 971. The van der Waals surface area contributed by atoms with Crippen LogP contribution in [-0.2, 0) is 6.54 Å². The summed E-state index contributed by atoms with van der Waals surface area (Å²) in [5.41, 5.74) is 2.30. The van der Waals surface area contributed by atoms with Gasteiger partial charge >= 0.3 is 0 Å². The fourth-order valence-corrected chi connectivity index (χ4v) is 3.64. The van der Waals surface area contributed by atoms with Gasteiger partial charge in [0.25, 0.3) is 11.5 Å². The Kier molecular flexibility index (Phi) is 4.32. The first-order valence-corrected chi connectivity index (χ1v) is 9.10. The molecule has 1 aromatic carbocycles. The van der Waals surface area contributed by atoms with E-state index in [4.69, 9.17) is 4.98 Å². The summed E-state index contributed by atoms with van der Waals surface area (Å²) < 4.78 is 1.59. The smallest absolute Gasteiger partial charge is 0.254 e. The van der Waals surface area contributed by atoms with E-state index in [1.165, 1.54) is 6.07 Å². The molecule has 1 fully saturated rings. The molecule has 1 saturated heterocycles. The van der Waals surface area contributed by atoms with Crippen molar-refractivity contribution < 1.29 is 4.79 Å². The molecule has 0 radical (unpaired) electrons. The van der Waals surface area contributed by atoms with Crippen LogP contribution in [-0.4, -0.2) is 38.4 Å². The van der Waals surface area contributed by atoms with Gasteiger partial charge in [-0.05, 0) is 38.0 Å². The highest BCUT2D eigenvalue weighted by Crippen LogP contribution is 2.27. The molecule has 1 aliphatic heterocycles. The minimum absolute atomic E-state index is 0.0776. The van der Waals surface area contributed by atoms with Crippen molar-refractivity contribution in [1.82, 2.24) is 19.4 Å². The topological polar surface area (TPSA) is 71.0 Å². The van der Waals surface area contributed by atoms with Gasteiger partial charge in [0.05, 0.1) is 11.0 Å². The van der Waals surface area contributed by atoms with E-state index < -0.39 is 0 Å². The van der Waals surface area contributed by atoms with Crippen molar-refractivity contribution >= 4 is 16.9 Å². The lowest BCUT2D eigenvalue weighted by Crippen LogP contribution is -2.39. The zero-order valence-electron chi connectivity index (χ0n) is 14.8. The van der Waals surface area contributed by atoms with Crippen LogP contribution in [0.25, 0.3) is 11.0 Å². The highest BCUT2D eigenvalue weighted by atomic mass is 16.2. The van der Waals surface area contributed by atoms with Crippen molar-refractivity contribution in [2.24, 2.45) is 0 Å². The zero-order valence-corrected chi connectivity index (χ0v) is 14.8. The molecular weight excluding hydrogens is 328 g/mol. The van der Waals surface area contributed by atoms with Crippen LogP contribution < -0.4 is 5.56 Å². The van der Waals surface area contributed by atoms with Gasteiger partial charge in [0.1, 0.15) is 5.82 Å². The minimum atomic E-state index is -0.135. The van der Waals surface area contributed by atoms with Crippen molar-refractivity contribution in [1.29, 1.82) is 0 Å². The maximum atomic E-state index is 12.8. The van der Waals surface area contributed by atoms with Crippen LogP contribution in [0.5, 0.6) is 0 Å². The molecule has 1 aliphatic rings. The summed E-state index contributed by atoms with van der Waals surface area (Å²) in [7, 11) is 0. The quantitative estimate of drug-likeness (QED) is 0.789. The summed E-state index contributed by atoms with van der Waals surface area (Å²) in [6.07, 6.45) is 3.62. The third-order valence-corrected chi connectivity index (χ3v) is 5.09. The van der Waals surface area contributed by atoms with E-state index in [0.29, 0.717) is 25.2 Å². The van der Waals surface area contributed by atoms with E-state index in [9.17, 15) is 9.59 Å². The van der Waals surface area contributed by atoms with Crippen LogP contribution in [0.4, 0.5) is 0 Å². The van der Waals surface area contributed by atoms with Crippen molar-refractivity contribution in [2.75, 3.05) is 13.1 Å². The summed E-state index contributed by atoms with van der Waals surface area (Å²) >= 11 is 0. The minimum Gasteiger partial charge on any atom is -0.342 e. The van der Waals surface area contributed by atoms with E-state index in [0.717, 1.165) is 29.7 Å². The molecule has 0 bridgehead atoms. The van der Waals surface area contributed by atoms with Gasteiger partial charge in [0.2, 0.25) is 0 Å². The molecule has 6 nitrogen and oxygen atoms in total. The second kappa shape index (κ2) is 6.78. The van der Waals surface area contributed by atoms with E-state index in [1.807, 2.05) is 36.1 Å². The van der Waals surface area contributed by atoms with Crippen molar-refractivity contribution in [3.8, 4) is 0 Å². The first-order chi connectivity index (χ1) is 12.7. The lowest BCUT2D eigenvalue weighted by atomic mass is 9.97. The van der Waals surface area contributed by atoms with E-state index >= 15 is 0 Å². The monoisotopic (exact) mass is 350 g/mol. The number of para-hydroxylation sites is 2. The Morgan fingerprint density at radius 2 is 2.15 bits per heavy atom. The number of amides is 1. The van der Waals surface area contributed by atoms with Gasteiger partial charge in [0, 0.05) is 43.4 Å². The third-order valence-electron chi connectivity index (χ3n) is 5.09. The molecule has 2 aromatic heterocycles. The number of piperidine rings is 1. The standard InChI is InChI=1S/C20H22N4O2/c1-2-23-11-9-14(12-18(23)25)20(26)24-10-5-6-15(13-24)19-21-16-7-3-4-8-17(16)22-19/h3-4,7-9,11-12,15H,2,5-6,10,13H2,1H3,(H,21,22)/t15-/m0/s1. The van der Waals surface area contributed by atoms with Crippen LogP contribution in [0.15, 0.2) is 47.4 Å². The molecule has 26 heavy (non-hydrogen) atoms. The number of aryl methyl sites for hydroxylation is 1. The number of H-pyrrole nitrogens is 1. The number of rotatable bonds is 3. The van der Waals surface area contributed by atoms with Crippen LogP contribution >= 0.6 is 0 Å². The van der Waals surface area contributed by atoms with Crippen molar-refractivity contribution in [3.63, 3.8) is 0 Å². The number of hydrogen-bond donors (Lipinski definition) is 1. The Labute approximate surface area is 151 Å². The van der Waals surface area contributed by atoms with Gasteiger partial charge in [-0.3, -0.25) is 9.59 Å². The van der Waals surface area contributed by atoms with Gasteiger partial charge < -0.3 is 14.5 Å². The molecule has 0 aliphatic carbocycles. The fourth-order valence-electron chi connectivity index (χ4n) is 3.64. The van der Waals surface area contributed by atoms with Gasteiger partial charge in [-0.15, -0.1) is 0 Å². The normalized spacial score (nSPS) is 17.6. The number of nitrogens with zero attached hydrogens (tertiary/aromatic N) is 3. The molecule has 6 heteroatoms. The summed E-state index contributed by atoms with van der Waals surface area (Å²) in [6.45, 7) is 3.85. The number of fused-ring (bicyclic) bond motifs is 1. The molecule has 1 atom stereocenters. The number of benzene rings is 1. The van der Waals surface area contributed by atoms with Gasteiger partial charge in [-0.2, -0.15) is 0 Å². The van der Waals surface area contributed by atoms with Gasteiger partial charge in [0.15, 0.2) is 0 Å². The number of carbonyl (C=O) groups is 1. The van der Waals surface area contributed by atoms with Crippen LogP contribution in [0.2, 0.25) is 0 Å². The van der Waals surface area contributed by atoms with Gasteiger partial charge in [-0.1, -0.05) is 12.1 Å². The average Bonchev–Trinajstić information content (AvgIpc) is 3.12. The number of likely N-dealkylation sites (tertiary alicyclic amines) is 1. The number of aromatic amines is 1. The Hall–Kier alpha value is -2.89. The summed E-state index contributed by atoms with van der Waals surface area (Å²) in [6, 6.07) is 11.1. The van der Waals surface area contributed by atoms with E-state index in [1.54, 1.807) is 16.8 Å². The summed E-state index contributed by atoms with van der Waals surface area (Å²) in [5.74, 6) is 1.05. The highest BCUT2D eigenvalue weighted by molar-refractivity contribution is 5.94. The number of hydrogen-bond acceptors (Lipinski definition) is 3. The molecule has 134 valence electrons. The number of carbonyl (C=O) groups excluding carboxylic acids is 1. The fraction of sp³-hybridized carbons (Fsp3) is 0.350. The van der Waals surface area contributed by atoms with Crippen molar-refractivity contribution in [3.05, 3.63) is 64.3 Å². The second-order valence-electron chi connectivity index (χ2n) is 6.77. The lowest BCUT2D eigenvalue weighted by molar-refractivity contribution is 0.0704. The predicted molar refractivity (Wildman–Crippen MR) is 100 cm³/mol. The summed E-state index contributed by atoms with van der Waals surface area (Å²) in [5, 5.41) is 0. The maximum absolute atomic E-state index is 12.8. The largest absolute Gasteiger partial charge is 0.342 e. The second-order valence-corrected chi connectivity index (χ2v) is 6.77. The molecule has 0 spiro atoms. The average molecular weight is 350 g/mol. The first kappa shape index (κ1) is 16.6. The Morgan fingerprint density at radius 1 is 1.31 bits per heavy atom. The molecule has 0 unspecified atom stereocenters. The predicted octanol–water partition coefficient (Wildman–Crippen LogP) is 2.76. The molecule has 1 N–H and O–H groups in total. The lowest BCUT2D eigenvalue weighted by Gasteiger charge is -2.32. The molecule has 1 amide bonds. The Morgan fingerprint density at radius 3 is 2.92 bits per heavy atom. The molecular formula is C20H22N4O2. The number of nitrogens with one attached hydrogen (secondary N) is 1. The van der Waals surface area contributed by atoms with E-state index in [-0.39, 0.29) is 17.4 Å². The molecule has 3 heterocycles. The van der Waals surface area contributed by atoms with Crippen LogP contribution in [0, 0.1) is 0 Å². The maximum Gasteiger partial charge on any atom is 0.254 e. The Balaban J connectivity index is 1.55. The number of aromatic nitrogens is 3. The van der Waals surface area contributed by atoms with Crippen LogP contribution in [0.3, 0.4) is 0 Å². The molecule has 4 rings (SSSR count). The molecule has 0 saturated carbocycles. The first-order valence-electron chi connectivity index (χ1n) is 9.10. The molecule has 3 aromatic rings. The SMILES string of the molecule is CCn1ccc(C(=O)N2CCC[C@H](c3nc4ccccc4[nH]3)C2)cc1=O. The highest BCUT2D eigenvalue weighted by Gasteiger charge is 2.27. The van der Waals surface area contributed by atoms with E-state index in [2.05, 4.69) is 4.98 Å². The van der Waals surface area contributed by atoms with Crippen molar-refractivity contribution in [2.45, 2.75) is 32.2 Å². The number of imidazole rings is 1. The third kappa shape index (κ3) is 3.03. The number of pyridine rings is 1. The summed E-state index contributed by atoms with van der Waals surface area (Å²) in [4.78, 5) is 34.8. The van der Waals surface area contributed by atoms with Gasteiger partial charge in [-0.25, -0.2) is 4.98 Å². The van der Waals surface area contributed by atoms with Crippen LogP contribution in [0.1, 0.15) is 41.9 Å². The zero-order chi connectivity index (χ0) is 18.1.